The van der Waals surface area contributed by atoms with Crippen molar-refractivity contribution in [2.75, 3.05) is 19.4 Å². The number of non-ortho nitro benzene ring substituents is 1. The maximum absolute atomic E-state index is 12.2. The average Bonchev–Trinajstić information content (AvgIpc) is 2.61. The summed E-state index contributed by atoms with van der Waals surface area (Å²) in [7, 11) is -1.02. The minimum absolute atomic E-state index is 0.0360. The minimum Gasteiger partial charge on any atom is -0.322 e. The molecule has 2 aromatic rings. The van der Waals surface area contributed by atoms with Gasteiger partial charge in [0.2, 0.25) is 15.9 Å². The average molecular weight is 410 g/mol. The van der Waals surface area contributed by atoms with Crippen LogP contribution in [0.4, 0.5) is 11.4 Å². The summed E-state index contributed by atoms with van der Waals surface area (Å²) < 4.78 is 25.5. The molecule has 27 heavy (non-hydrogen) atoms. The van der Waals surface area contributed by atoms with E-state index in [9.17, 15) is 23.3 Å². The first-order valence-corrected chi connectivity index (χ1v) is 9.38. The van der Waals surface area contributed by atoms with Gasteiger partial charge in [0.25, 0.3) is 5.69 Å². The van der Waals surface area contributed by atoms with E-state index < -0.39 is 20.9 Å². The fraction of sp³-hybridized carbons (Fsp3) is 0.118. The van der Waals surface area contributed by atoms with Crippen LogP contribution in [0.1, 0.15) is 5.56 Å². The van der Waals surface area contributed by atoms with Gasteiger partial charge in [0.1, 0.15) is 4.90 Å². The summed E-state index contributed by atoms with van der Waals surface area (Å²) in [6, 6.07) is 9.89. The molecule has 0 atom stereocenters. The zero-order valence-corrected chi connectivity index (χ0v) is 16.0. The fourth-order valence-electron chi connectivity index (χ4n) is 2.07. The molecule has 0 aliphatic carbocycles. The van der Waals surface area contributed by atoms with E-state index in [-0.39, 0.29) is 21.3 Å². The van der Waals surface area contributed by atoms with Crippen LogP contribution >= 0.6 is 11.6 Å². The Hall–Kier alpha value is -2.75. The van der Waals surface area contributed by atoms with Crippen molar-refractivity contribution in [3.8, 4) is 0 Å². The second-order valence-corrected chi connectivity index (χ2v) is 8.13. The van der Waals surface area contributed by atoms with Crippen LogP contribution in [0.25, 0.3) is 6.08 Å². The Balaban J connectivity index is 2.19. The van der Waals surface area contributed by atoms with E-state index in [0.717, 1.165) is 4.31 Å². The van der Waals surface area contributed by atoms with E-state index in [1.54, 1.807) is 6.07 Å². The third-order valence-electron chi connectivity index (χ3n) is 3.47. The van der Waals surface area contributed by atoms with Crippen molar-refractivity contribution < 1.29 is 18.1 Å². The quantitative estimate of drug-likeness (QED) is 0.447. The predicted octanol–water partition coefficient (Wildman–Crippen LogP) is 3.15. The van der Waals surface area contributed by atoms with Crippen molar-refractivity contribution in [1.82, 2.24) is 4.31 Å². The Morgan fingerprint density at radius 3 is 2.56 bits per heavy atom. The molecule has 0 bridgehead atoms. The lowest BCUT2D eigenvalue weighted by Crippen LogP contribution is -2.22. The molecule has 1 amide bonds. The van der Waals surface area contributed by atoms with Crippen molar-refractivity contribution in [2.45, 2.75) is 4.90 Å². The second kappa shape index (κ2) is 8.30. The van der Waals surface area contributed by atoms with Crippen molar-refractivity contribution in [3.05, 3.63) is 69.2 Å². The number of rotatable bonds is 6. The van der Waals surface area contributed by atoms with Crippen LogP contribution in [0.15, 0.2) is 53.4 Å². The van der Waals surface area contributed by atoms with E-state index in [2.05, 4.69) is 5.32 Å². The Bertz CT molecular complexity index is 1020. The second-order valence-electron chi connectivity index (χ2n) is 5.61. The predicted molar refractivity (Wildman–Crippen MR) is 103 cm³/mol. The number of nitro benzene ring substituents is 1. The lowest BCUT2D eigenvalue weighted by Gasteiger charge is -2.14. The van der Waals surface area contributed by atoms with Gasteiger partial charge in [-0.1, -0.05) is 23.7 Å². The molecule has 0 unspecified atom stereocenters. The molecule has 0 saturated carbocycles. The number of benzene rings is 2. The molecule has 0 fully saturated rings. The number of nitrogens with one attached hydrogen (secondary N) is 1. The molecule has 2 rings (SSSR count). The zero-order chi connectivity index (χ0) is 20.2. The van der Waals surface area contributed by atoms with Crippen molar-refractivity contribution in [1.29, 1.82) is 0 Å². The summed E-state index contributed by atoms with van der Waals surface area (Å²) in [5, 5.41) is 13.3. The number of nitrogens with zero attached hydrogens (tertiary/aromatic N) is 2. The third-order valence-corrected chi connectivity index (χ3v) is 5.76. The largest absolute Gasteiger partial charge is 0.322 e. The smallest absolute Gasteiger partial charge is 0.270 e. The highest BCUT2D eigenvalue weighted by Gasteiger charge is 2.21. The van der Waals surface area contributed by atoms with Crippen LogP contribution in [-0.2, 0) is 14.8 Å². The lowest BCUT2D eigenvalue weighted by atomic mass is 10.2. The summed E-state index contributed by atoms with van der Waals surface area (Å²) in [6.07, 6.45) is 2.60. The first-order chi connectivity index (χ1) is 12.6. The molecule has 0 heterocycles. The SMILES string of the molecule is CN(C)S(=O)(=O)c1cc(NC(=O)/C=C/c2cccc([N+](=O)[O-])c2)ccc1Cl. The highest BCUT2D eigenvalue weighted by molar-refractivity contribution is 7.89. The molecule has 8 nitrogen and oxygen atoms in total. The van der Waals surface area contributed by atoms with Gasteiger partial charge in [0.15, 0.2) is 0 Å². The first kappa shape index (κ1) is 20.6. The number of anilines is 1. The number of halogens is 1. The Morgan fingerprint density at radius 1 is 1.22 bits per heavy atom. The Kier molecular flexibility index (Phi) is 6.32. The standard InChI is InChI=1S/C17H16ClN3O5S/c1-20(2)27(25,26)16-11-13(7-8-15(16)18)19-17(22)9-6-12-4-3-5-14(10-12)21(23)24/h3-11H,1-2H3,(H,19,22)/b9-6+. The van der Waals surface area contributed by atoms with Crippen LogP contribution in [-0.4, -0.2) is 37.6 Å². The summed E-state index contributed by atoms with van der Waals surface area (Å²) >= 11 is 5.96. The number of hydrogen-bond donors (Lipinski definition) is 1. The van der Waals surface area contributed by atoms with Gasteiger partial charge in [-0.15, -0.1) is 0 Å². The number of hydrogen-bond acceptors (Lipinski definition) is 5. The van der Waals surface area contributed by atoms with Gasteiger partial charge in [-0.05, 0) is 29.8 Å². The first-order valence-electron chi connectivity index (χ1n) is 7.57. The molecular formula is C17H16ClN3O5S. The van der Waals surface area contributed by atoms with Crippen molar-refractivity contribution in [2.24, 2.45) is 0 Å². The molecular weight excluding hydrogens is 394 g/mol. The molecule has 0 spiro atoms. The van der Waals surface area contributed by atoms with E-state index in [4.69, 9.17) is 11.6 Å². The number of carbonyl (C=O) groups excluding carboxylic acids is 1. The van der Waals surface area contributed by atoms with Crippen molar-refractivity contribution in [3.63, 3.8) is 0 Å². The molecule has 0 saturated heterocycles. The maximum atomic E-state index is 12.2. The highest BCUT2D eigenvalue weighted by atomic mass is 35.5. The van der Waals surface area contributed by atoms with E-state index in [1.165, 1.54) is 62.6 Å². The third kappa shape index (κ3) is 5.13. The van der Waals surface area contributed by atoms with Crippen LogP contribution in [0.5, 0.6) is 0 Å². The zero-order valence-electron chi connectivity index (χ0n) is 14.4. The van der Waals surface area contributed by atoms with Gasteiger partial charge in [-0.25, -0.2) is 12.7 Å². The van der Waals surface area contributed by atoms with Crippen LogP contribution in [0.3, 0.4) is 0 Å². The number of amides is 1. The van der Waals surface area contributed by atoms with Crippen LogP contribution in [0.2, 0.25) is 5.02 Å². The molecule has 2 aromatic carbocycles. The number of sulfonamides is 1. The van der Waals surface area contributed by atoms with Gasteiger partial charge in [0.05, 0.1) is 9.95 Å². The Morgan fingerprint density at radius 2 is 1.93 bits per heavy atom. The molecule has 0 radical (unpaired) electrons. The molecule has 142 valence electrons. The summed E-state index contributed by atoms with van der Waals surface area (Å²) in [5.41, 5.74) is 0.633. The normalized spacial score (nSPS) is 11.7. The molecule has 1 N–H and O–H groups in total. The van der Waals surface area contributed by atoms with Gasteiger partial charge < -0.3 is 5.32 Å². The lowest BCUT2D eigenvalue weighted by molar-refractivity contribution is -0.384. The fourth-order valence-corrected chi connectivity index (χ4v) is 3.47. The van der Waals surface area contributed by atoms with Gasteiger partial charge in [-0.2, -0.15) is 0 Å². The minimum atomic E-state index is -3.77. The van der Waals surface area contributed by atoms with E-state index in [0.29, 0.717) is 5.56 Å². The van der Waals surface area contributed by atoms with Crippen LogP contribution < -0.4 is 5.32 Å². The monoisotopic (exact) mass is 409 g/mol. The van der Waals surface area contributed by atoms with Crippen LogP contribution in [0, 0.1) is 10.1 Å². The highest BCUT2D eigenvalue weighted by Crippen LogP contribution is 2.26. The number of carbonyl (C=O) groups is 1. The summed E-state index contributed by atoms with van der Waals surface area (Å²) in [6.45, 7) is 0. The van der Waals surface area contributed by atoms with Gasteiger partial charge in [0, 0.05) is 38.0 Å². The summed E-state index contributed by atoms with van der Waals surface area (Å²) in [5.74, 6) is -0.531. The maximum Gasteiger partial charge on any atom is 0.270 e. The molecule has 10 heteroatoms. The Labute approximate surface area is 161 Å². The van der Waals surface area contributed by atoms with Gasteiger partial charge >= 0.3 is 0 Å². The molecule has 0 aromatic heterocycles. The van der Waals surface area contributed by atoms with E-state index >= 15 is 0 Å². The molecule has 0 aliphatic rings. The molecule has 0 aliphatic heterocycles. The van der Waals surface area contributed by atoms with E-state index in [1.807, 2.05) is 0 Å². The topological polar surface area (TPSA) is 110 Å². The number of nitro groups is 1. The summed E-state index contributed by atoms with van der Waals surface area (Å²) in [4.78, 5) is 22.2. The van der Waals surface area contributed by atoms with Crippen molar-refractivity contribution >= 4 is 45.0 Å². The van der Waals surface area contributed by atoms with Gasteiger partial charge in [-0.3, -0.25) is 14.9 Å².